The molecule has 0 spiro atoms. The average Bonchev–Trinajstić information content (AvgIpc) is 3.08. The highest BCUT2D eigenvalue weighted by atomic mass is 16.5. The highest BCUT2D eigenvalue weighted by Gasteiger charge is 2.40. The SMILES string of the molecule is CCCC(C)(NC(=O)OCC1c2ccccc2-c2ccccc21)C(=O)N[C@@H](C(=O)O)C(C)(C)C. The number of fused-ring (bicyclic) bond motifs is 3. The average molecular weight is 467 g/mol. The van der Waals surface area contributed by atoms with Crippen LogP contribution in [0, 0.1) is 5.41 Å². The first-order valence-electron chi connectivity index (χ1n) is 11.6. The van der Waals surface area contributed by atoms with Gasteiger partial charge >= 0.3 is 12.1 Å². The Labute approximate surface area is 200 Å². The topological polar surface area (TPSA) is 105 Å². The van der Waals surface area contributed by atoms with Crippen LogP contribution in [0.1, 0.15) is 64.5 Å². The molecule has 0 fully saturated rings. The van der Waals surface area contributed by atoms with E-state index in [1.165, 1.54) is 0 Å². The Kier molecular flexibility index (Phi) is 7.34. The Hall–Kier alpha value is -3.35. The highest BCUT2D eigenvalue weighted by molar-refractivity contribution is 5.92. The largest absolute Gasteiger partial charge is 0.480 e. The minimum absolute atomic E-state index is 0.0957. The zero-order valence-corrected chi connectivity index (χ0v) is 20.5. The van der Waals surface area contributed by atoms with Gasteiger partial charge in [0.2, 0.25) is 5.91 Å². The van der Waals surface area contributed by atoms with E-state index in [2.05, 4.69) is 22.8 Å². The fourth-order valence-corrected chi connectivity index (χ4v) is 4.53. The van der Waals surface area contributed by atoms with Crippen molar-refractivity contribution in [1.82, 2.24) is 10.6 Å². The molecule has 7 nitrogen and oxygen atoms in total. The first-order valence-corrected chi connectivity index (χ1v) is 11.6. The number of hydrogen-bond acceptors (Lipinski definition) is 4. The van der Waals surface area contributed by atoms with Crippen LogP contribution in [0.2, 0.25) is 0 Å². The van der Waals surface area contributed by atoms with Gasteiger partial charge in [-0.15, -0.1) is 0 Å². The monoisotopic (exact) mass is 466 g/mol. The fraction of sp³-hybridized carbons (Fsp3) is 0.444. The Morgan fingerprint density at radius 2 is 1.50 bits per heavy atom. The van der Waals surface area contributed by atoms with Gasteiger partial charge in [-0.2, -0.15) is 0 Å². The van der Waals surface area contributed by atoms with Crippen molar-refractivity contribution in [3.8, 4) is 11.1 Å². The quantitative estimate of drug-likeness (QED) is 0.523. The number of nitrogens with one attached hydrogen (secondary N) is 2. The maximum absolute atomic E-state index is 13.1. The van der Waals surface area contributed by atoms with Gasteiger partial charge in [-0.3, -0.25) is 4.79 Å². The molecular formula is C27H34N2O5. The number of carbonyl (C=O) groups is 3. The second-order valence-corrected chi connectivity index (χ2v) is 10.1. The molecule has 0 heterocycles. The lowest BCUT2D eigenvalue weighted by Gasteiger charge is -2.34. The molecule has 182 valence electrons. The van der Waals surface area contributed by atoms with Gasteiger partial charge in [-0.05, 0) is 41.0 Å². The number of rotatable bonds is 8. The molecule has 3 rings (SSSR count). The van der Waals surface area contributed by atoms with Gasteiger partial charge in [-0.25, -0.2) is 9.59 Å². The molecule has 2 atom stereocenters. The van der Waals surface area contributed by atoms with E-state index in [4.69, 9.17) is 4.74 Å². The van der Waals surface area contributed by atoms with E-state index in [-0.39, 0.29) is 12.5 Å². The Morgan fingerprint density at radius 1 is 0.971 bits per heavy atom. The first-order chi connectivity index (χ1) is 16.0. The van der Waals surface area contributed by atoms with E-state index in [0.29, 0.717) is 12.8 Å². The van der Waals surface area contributed by atoms with Crippen molar-refractivity contribution in [2.24, 2.45) is 5.41 Å². The third-order valence-corrected chi connectivity index (χ3v) is 6.36. The molecule has 1 unspecified atom stereocenters. The van der Waals surface area contributed by atoms with Gasteiger partial charge in [-0.1, -0.05) is 82.6 Å². The lowest BCUT2D eigenvalue weighted by molar-refractivity contribution is -0.146. The second kappa shape index (κ2) is 9.87. The molecule has 0 saturated heterocycles. The van der Waals surface area contributed by atoms with Crippen molar-refractivity contribution in [1.29, 1.82) is 0 Å². The van der Waals surface area contributed by atoms with Crippen molar-refractivity contribution in [3.63, 3.8) is 0 Å². The number of carbonyl (C=O) groups excluding carboxylic acids is 2. The number of carboxylic acids is 1. The van der Waals surface area contributed by atoms with Crippen LogP contribution in [-0.4, -0.2) is 41.3 Å². The summed E-state index contributed by atoms with van der Waals surface area (Å²) in [7, 11) is 0. The number of hydrogen-bond donors (Lipinski definition) is 3. The van der Waals surface area contributed by atoms with Crippen molar-refractivity contribution in [2.45, 2.75) is 65.0 Å². The summed E-state index contributed by atoms with van der Waals surface area (Å²) in [6, 6.07) is 15.0. The molecule has 2 aromatic carbocycles. The van der Waals surface area contributed by atoms with Crippen LogP contribution in [0.5, 0.6) is 0 Å². The van der Waals surface area contributed by atoms with E-state index < -0.39 is 35.0 Å². The number of amides is 2. The summed E-state index contributed by atoms with van der Waals surface area (Å²) in [5, 5.41) is 14.9. The molecule has 1 aliphatic rings. The van der Waals surface area contributed by atoms with Crippen molar-refractivity contribution in [2.75, 3.05) is 6.61 Å². The summed E-state index contributed by atoms with van der Waals surface area (Å²) in [5.41, 5.74) is 2.45. The van der Waals surface area contributed by atoms with E-state index in [9.17, 15) is 19.5 Å². The summed E-state index contributed by atoms with van der Waals surface area (Å²) in [6.07, 6.45) is 0.232. The van der Waals surface area contributed by atoms with Crippen LogP contribution in [-0.2, 0) is 14.3 Å². The molecule has 0 radical (unpaired) electrons. The lowest BCUT2D eigenvalue weighted by Crippen LogP contribution is -2.61. The fourth-order valence-electron chi connectivity index (χ4n) is 4.53. The molecule has 0 aromatic heterocycles. The summed E-state index contributed by atoms with van der Waals surface area (Å²) in [4.78, 5) is 37.6. The zero-order chi connectivity index (χ0) is 25.1. The van der Waals surface area contributed by atoms with Crippen LogP contribution >= 0.6 is 0 Å². The molecule has 2 amide bonds. The van der Waals surface area contributed by atoms with Crippen molar-refractivity contribution in [3.05, 3.63) is 59.7 Å². The predicted octanol–water partition coefficient (Wildman–Crippen LogP) is 4.70. The number of ether oxygens (including phenoxy) is 1. The molecule has 0 saturated carbocycles. The van der Waals surface area contributed by atoms with Gasteiger partial charge in [0.05, 0.1) is 0 Å². The normalized spacial score (nSPS) is 15.4. The minimum atomic E-state index is -1.31. The third kappa shape index (κ3) is 5.24. The van der Waals surface area contributed by atoms with Crippen LogP contribution in [0.4, 0.5) is 4.79 Å². The van der Waals surface area contributed by atoms with Gasteiger partial charge in [0.25, 0.3) is 0 Å². The van der Waals surface area contributed by atoms with Gasteiger partial charge in [0.15, 0.2) is 0 Å². The van der Waals surface area contributed by atoms with Crippen LogP contribution in [0.15, 0.2) is 48.5 Å². The number of alkyl carbamates (subject to hydrolysis) is 1. The number of carboxylic acid groups (broad SMARTS) is 1. The summed E-state index contributed by atoms with van der Waals surface area (Å²) in [6.45, 7) is 8.83. The molecule has 7 heteroatoms. The van der Waals surface area contributed by atoms with Crippen LogP contribution < -0.4 is 10.6 Å². The van der Waals surface area contributed by atoms with E-state index in [1.54, 1.807) is 27.7 Å². The van der Waals surface area contributed by atoms with Gasteiger partial charge in [0, 0.05) is 5.92 Å². The summed E-state index contributed by atoms with van der Waals surface area (Å²) < 4.78 is 5.61. The van der Waals surface area contributed by atoms with Crippen molar-refractivity contribution < 1.29 is 24.2 Å². The Bertz CT molecular complexity index is 1030. The predicted molar refractivity (Wildman–Crippen MR) is 131 cm³/mol. The number of benzene rings is 2. The van der Waals surface area contributed by atoms with Crippen LogP contribution in [0.3, 0.4) is 0 Å². The highest BCUT2D eigenvalue weighted by Crippen LogP contribution is 2.44. The molecule has 0 aliphatic heterocycles. The standard InChI is InChI=1S/C27H34N2O5/c1-6-15-27(5,24(32)28-22(23(30)31)26(2,3)4)29-25(33)34-16-21-19-13-9-7-11-17(19)18-12-8-10-14-20(18)21/h7-14,21-22H,6,15-16H2,1-5H3,(H,28,32)(H,29,33)(H,30,31)/t22-,27?/m0/s1. The Balaban J connectivity index is 1.72. The lowest BCUT2D eigenvalue weighted by atomic mass is 9.85. The molecule has 1 aliphatic carbocycles. The molecular weight excluding hydrogens is 432 g/mol. The Morgan fingerprint density at radius 3 is 1.97 bits per heavy atom. The van der Waals surface area contributed by atoms with Crippen molar-refractivity contribution >= 4 is 18.0 Å². The van der Waals surface area contributed by atoms with Crippen LogP contribution in [0.25, 0.3) is 11.1 Å². The molecule has 2 aromatic rings. The zero-order valence-electron chi connectivity index (χ0n) is 20.5. The van der Waals surface area contributed by atoms with Gasteiger partial charge < -0.3 is 20.5 Å². The smallest absolute Gasteiger partial charge is 0.408 e. The number of aliphatic carboxylic acids is 1. The molecule has 3 N–H and O–H groups in total. The third-order valence-electron chi connectivity index (χ3n) is 6.36. The first kappa shape index (κ1) is 25.3. The van der Waals surface area contributed by atoms with E-state index in [0.717, 1.165) is 22.3 Å². The maximum atomic E-state index is 13.1. The van der Waals surface area contributed by atoms with E-state index in [1.807, 2.05) is 43.3 Å². The minimum Gasteiger partial charge on any atom is -0.480 e. The summed E-state index contributed by atoms with van der Waals surface area (Å²) >= 11 is 0. The summed E-state index contributed by atoms with van der Waals surface area (Å²) in [5.74, 6) is -1.77. The maximum Gasteiger partial charge on any atom is 0.408 e. The molecule has 0 bridgehead atoms. The molecule has 34 heavy (non-hydrogen) atoms. The van der Waals surface area contributed by atoms with E-state index >= 15 is 0 Å². The van der Waals surface area contributed by atoms with Gasteiger partial charge in [0.1, 0.15) is 18.2 Å². The second-order valence-electron chi connectivity index (χ2n) is 10.1.